The van der Waals surface area contributed by atoms with Crippen molar-refractivity contribution in [1.82, 2.24) is 4.90 Å². The smallest absolute Gasteiger partial charge is 0.328 e. The molecule has 0 saturated carbocycles. The normalized spacial score (nSPS) is 20.3. The van der Waals surface area contributed by atoms with Crippen molar-refractivity contribution in [3.8, 4) is 0 Å². The summed E-state index contributed by atoms with van der Waals surface area (Å²) in [7, 11) is 0. The van der Waals surface area contributed by atoms with Gasteiger partial charge in [-0.2, -0.15) is 0 Å². The molecule has 0 spiro atoms. The van der Waals surface area contributed by atoms with Gasteiger partial charge in [0.1, 0.15) is 0 Å². The largest absolute Gasteiger partial charge is 0.478 e. The SMILES string of the molecule is C=C[C@H](/C=C/C(=O)O)N1CCC1. The minimum atomic E-state index is -0.901. The van der Waals surface area contributed by atoms with Gasteiger partial charge in [-0.25, -0.2) is 4.79 Å². The fourth-order valence-electron chi connectivity index (χ4n) is 1.17. The Labute approximate surface area is 72.0 Å². The zero-order valence-corrected chi connectivity index (χ0v) is 6.94. The Morgan fingerprint density at radius 3 is 2.58 bits per heavy atom. The number of carbonyl (C=O) groups is 1. The van der Waals surface area contributed by atoms with Crippen molar-refractivity contribution >= 4 is 5.97 Å². The molecule has 1 aliphatic rings. The van der Waals surface area contributed by atoms with Gasteiger partial charge in [0, 0.05) is 25.2 Å². The molecule has 3 nitrogen and oxygen atoms in total. The molecule has 12 heavy (non-hydrogen) atoms. The lowest BCUT2D eigenvalue weighted by Gasteiger charge is -2.35. The van der Waals surface area contributed by atoms with Crippen LogP contribution in [0.3, 0.4) is 0 Å². The molecule has 1 atom stereocenters. The van der Waals surface area contributed by atoms with Crippen LogP contribution in [-0.2, 0) is 4.79 Å². The van der Waals surface area contributed by atoms with E-state index in [9.17, 15) is 4.79 Å². The molecule has 1 fully saturated rings. The highest BCUT2D eigenvalue weighted by atomic mass is 16.4. The molecule has 0 aromatic heterocycles. The van der Waals surface area contributed by atoms with E-state index < -0.39 is 5.97 Å². The van der Waals surface area contributed by atoms with Gasteiger partial charge < -0.3 is 5.11 Å². The molecule has 0 aromatic carbocycles. The van der Waals surface area contributed by atoms with Crippen LogP contribution < -0.4 is 0 Å². The average Bonchev–Trinajstić information content (AvgIpc) is 1.93. The van der Waals surface area contributed by atoms with Crippen molar-refractivity contribution in [2.75, 3.05) is 13.1 Å². The molecular weight excluding hydrogens is 154 g/mol. The van der Waals surface area contributed by atoms with E-state index in [2.05, 4.69) is 11.5 Å². The van der Waals surface area contributed by atoms with Crippen molar-refractivity contribution in [1.29, 1.82) is 0 Å². The van der Waals surface area contributed by atoms with Crippen molar-refractivity contribution < 1.29 is 9.90 Å². The zero-order valence-electron chi connectivity index (χ0n) is 6.94. The molecule has 0 aromatic rings. The minimum Gasteiger partial charge on any atom is -0.478 e. The summed E-state index contributed by atoms with van der Waals surface area (Å²) in [6.07, 6.45) is 5.79. The van der Waals surface area contributed by atoms with Crippen LogP contribution in [0.4, 0.5) is 0 Å². The summed E-state index contributed by atoms with van der Waals surface area (Å²) in [5.74, 6) is -0.901. The number of nitrogens with zero attached hydrogens (tertiary/aromatic N) is 1. The van der Waals surface area contributed by atoms with E-state index in [1.807, 2.05) is 0 Å². The summed E-state index contributed by atoms with van der Waals surface area (Å²) in [5, 5.41) is 8.39. The van der Waals surface area contributed by atoms with Gasteiger partial charge in [-0.15, -0.1) is 6.58 Å². The predicted molar refractivity (Wildman–Crippen MR) is 47.0 cm³/mol. The van der Waals surface area contributed by atoms with E-state index >= 15 is 0 Å². The van der Waals surface area contributed by atoms with E-state index in [0.717, 1.165) is 13.1 Å². The van der Waals surface area contributed by atoms with Gasteiger partial charge in [0.25, 0.3) is 0 Å². The van der Waals surface area contributed by atoms with Gasteiger partial charge in [-0.05, 0) is 6.42 Å². The molecule has 66 valence electrons. The average molecular weight is 167 g/mol. The van der Waals surface area contributed by atoms with Crippen molar-refractivity contribution in [2.45, 2.75) is 12.5 Å². The summed E-state index contributed by atoms with van der Waals surface area (Å²) >= 11 is 0. The Bertz CT molecular complexity index is 207. The third-order valence-corrected chi connectivity index (χ3v) is 1.99. The van der Waals surface area contributed by atoms with E-state index in [1.54, 1.807) is 12.2 Å². The Morgan fingerprint density at radius 2 is 2.25 bits per heavy atom. The van der Waals surface area contributed by atoms with Gasteiger partial charge in [0.2, 0.25) is 0 Å². The number of hydrogen-bond donors (Lipinski definition) is 1. The topological polar surface area (TPSA) is 40.5 Å². The maximum Gasteiger partial charge on any atom is 0.328 e. The summed E-state index contributed by atoms with van der Waals surface area (Å²) in [5.41, 5.74) is 0. The summed E-state index contributed by atoms with van der Waals surface area (Å²) < 4.78 is 0. The number of carboxylic acid groups (broad SMARTS) is 1. The first-order valence-electron chi connectivity index (χ1n) is 4.02. The van der Waals surface area contributed by atoms with E-state index in [1.165, 1.54) is 12.5 Å². The zero-order chi connectivity index (χ0) is 8.97. The molecule has 1 aliphatic heterocycles. The molecule has 0 unspecified atom stereocenters. The maximum atomic E-state index is 10.2. The van der Waals surface area contributed by atoms with Crippen LogP contribution in [0.5, 0.6) is 0 Å². The molecule has 1 heterocycles. The third-order valence-electron chi connectivity index (χ3n) is 1.99. The van der Waals surface area contributed by atoms with Gasteiger partial charge >= 0.3 is 5.97 Å². The number of carboxylic acids is 1. The van der Waals surface area contributed by atoms with Crippen LogP contribution in [0.1, 0.15) is 6.42 Å². The molecule has 1 N–H and O–H groups in total. The van der Waals surface area contributed by atoms with Crippen LogP contribution in [-0.4, -0.2) is 35.1 Å². The van der Waals surface area contributed by atoms with Gasteiger partial charge in [0.05, 0.1) is 0 Å². The first-order chi connectivity index (χ1) is 5.74. The van der Waals surface area contributed by atoms with Gasteiger partial charge in [0.15, 0.2) is 0 Å². The highest BCUT2D eigenvalue weighted by Gasteiger charge is 2.19. The predicted octanol–water partition coefficient (Wildman–Crippen LogP) is 0.887. The van der Waals surface area contributed by atoms with Crippen LogP contribution in [0.2, 0.25) is 0 Å². The molecule has 0 aliphatic carbocycles. The standard InChI is InChI=1S/C9H13NO2/c1-2-8(4-5-9(11)12)10-6-3-7-10/h2,4-5,8H,1,3,6-7H2,(H,11,12)/b5-4+/t8-/m1/s1. The summed E-state index contributed by atoms with van der Waals surface area (Å²) in [6.45, 7) is 5.74. The summed E-state index contributed by atoms with van der Waals surface area (Å²) in [6, 6.07) is 0.0925. The second kappa shape index (κ2) is 4.07. The Hall–Kier alpha value is -1.09. The Balaban J connectivity index is 2.44. The Kier molecular flexibility index (Phi) is 3.05. The monoisotopic (exact) mass is 167 g/mol. The van der Waals surface area contributed by atoms with Crippen LogP contribution in [0.25, 0.3) is 0 Å². The first kappa shape index (κ1) is 9.00. The quantitative estimate of drug-likeness (QED) is 0.499. The van der Waals surface area contributed by atoms with Crippen LogP contribution in [0, 0.1) is 0 Å². The fraction of sp³-hybridized carbons (Fsp3) is 0.444. The fourth-order valence-corrected chi connectivity index (χ4v) is 1.17. The lowest BCUT2D eigenvalue weighted by atomic mass is 10.1. The van der Waals surface area contributed by atoms with E-state index in [4.69, 9.17) is 5.11 Å². The molecule has 0 radical (unpaired) electrons. The maximum absolute atomic E-state index is 10.2. The third kappa shape index (κ3) is 2.20. The molecule has 0 bridgehead atoms. The van der Waals surface area contributed by atoms with Crippen LogP contribution >= 0.6 is 0 Å². The highest BCUT2D eigenvalue weighted by molar-refractivity contribution is 5.79. The van der Waals surface area contributed by atoms with Crippen LogP contribution in [0.15, 0.2) is 24.8 Å². The van der Waals surface area contributed by atoms with E-state index in [0.29, 0.717) is 0 Å². The summed E-state index contributed by atoms with van der Waals surface area (Å²) in [4.78, 5) is 12.4. The Morgan fingerprint density at radius 1 is 1.58 bits per heavy atom. The molecular formula is C9H13NO2. The lowest BCUT2D eigenvalue weighted by molar-refractivity contribution is -0.131. The molecule has 1 saturated heterocycles. The molecule has 0 amide bonds. The number of aliphatic carboxylic acids is 1. The molecule has 3 heteroatoms. The minimum absolute atomic E-state index is 0.0925. The van der Waals surface area contributed by atoms with Gasteiger partial charge in [-0.1, -0.05) is 12.2 Å². The van der Waals surface area contributed by atoms with Gasteiger partial charge in [-0.3, -0.25) is 4.90 Å². The number of rotatable bonds is 4. The first-order valence-corrected chi connectivity index (χ1v) is 4.02. The highest BCUT2D eigenvalue weighted by Crippen LogP contribution is 2.12. The van der Waals surface area contributed by atoms with Crippen molar-refractivity contribution in [3.05, 3.63) is 24.8 Å². The lowest BCUT2D eigenvalue weighted by Crippen LogP contribution is -2.43. The van der Waals surface area contributed by atoms with E-state index in [-0.39, 0.29) is 6.04 Å². The van der Waals surface area contributed by atoms with Crippen molar-refractivity contribution in [3.63, 3.8) is 0 Å². The second-order valence-electron chi connectivity index (χ2n) is 2.81. The number of likely N-dealkylation sites (tertiary alicyclic amines) is 1. The number of hydrogen-bond acceptors (Lipinski definition) is 2. The van der Waals surface area contributed by atoms with Crippen molar-refractivity contribution in [2.24, 2.45) is 0 Å². The molecule has 1 rings (SSSR count). The second-order valence-corrected chi connectivity index (χ2v) is 2.81.